The number of phenolic OH excluding ortho intramolecular Hbond substituents is 1. The smallest absolute Gasteiger partial charge is 0.284 e. The van der Waals surface area contributed by atoms with Gasteiger partial charge in [0.15, 0.2) is 11.5 Å². The highest BCUT2D eigenvalue weighted by Gasteiger charge is 2.40. The lowest BCUT2D eigenvalue weighted by Gasteiger charge is -2.07. The number of phenols is 1. The van der Waals surface area contributed by atoms with Crippen molar-refractivity contribution >= 4 is 34.4 Å². The molecule has 0 heterocycles. The van der Waals surface area contributed by atoms with Gasteiger partial charge in [-0.2, -0.15) is 0 Å². The van der Waals surface area contributed by atoms with Crippen LogP contribution < -0.4 is 4.74 Å². The van der Waals surface area contributed by atoms with E-state index in [1.165, 1.54) is 31.4 Å². The maximum Gasteiger partial charge on any atom is 0.284 e. The molecule has 14 heteroatoms. The summed E-state index contributed by atoms with van der Waals surface area (Å²) in [5, 5.41) is 56.5. The predicted molar refractivity (Wildman–Crippen MR) is 120 cm³/mol. The molecule has 0 radical (unpaired) electrons. The minimum atomic E-state index is -0.909. The van der Waals surface area contributed by atoms with E-state index >= 15 is 0 Å². The number of nitro groups is 4. The van der Waals surface area contributed by atoms with Crippen LogP contribution in [0.5, 0.6) is 11.5 Å². The van der Waals surface area contributed by atoms with Gasteiger partial charge in [0.25, 0.3) is 22.7 Å². The van der Waals surface area contributed by atoms with Crippen molar-refractivity contribution in [2.45, 2.75) is 0 Å². The summed E-state index contributed by atoms with van der Waals surface area (Å²) < 4.78 is 5.05. The number of benzene rings is 3. The first-order valence-electron chi connectivity index (χ1n) is 9.57. The molecule has 3 aromatic carbocycles. The quantitative estimate of drug-likeness (QED) is 0.300. The summed E-state index contributed by atoms with van der Waals surface area (Å²) in [7, 11) is 1.30. The Labute approximate surface area is 193 Å². The zero-order chi connectivity index (χ0) is 25.6. The molecule has 0 aromatic heterocycles. The molecule has 0 amide bonds. The predicted octanol–water partition coefficient (Wildman–Crippen LogP) is 4.60. The monoisotopic (exact) mass is 480 g/mol. The number of ether oxygens (including phenoxy) is 1. The highest BCUT2D eigenvalue weighted by Crippen LogP contribution is 2.55. The van der Waals surface area contributed by atoms with Crippen LogP contribution in [-0.2, 0) is 0 Å². The molecule has 1 aliphatic rings. The van der Waals surface area contributed by atoms with Crippen molar-refractivity contribution in [3.05, 3.63) is 99.6 Å². The van der Waals surface area contributed by atoms with Crippen molar-refractivity contribution in [3.63, 3.8) is 0 Å². The molecule has 0 aliphatic heterocycles. The van der Waals surface area contributed by atoms with E-state index in [4.69, 9.17) is 4.74 Å². The zero-order valence-electron chi connectivity index (χ0n) is 17.5. The molecule has 176 valence electrons. The van der Waals surface area contributed by atoms with E-state index in [1.807, 2.05) is 0 Å². The highest BCUT2D eigenvalue weighted by molar-refractivity contribution is 6.12. The average Bonchev–Trinajstić information content (AvgIpc) is 3.12. The van der Waals surface area contributed by atoms with Crippen LogP contribution in [0.2, 0.25) is 0 Å². The lowest BCUT2D eigenvalue weighted by Crippen LogP contribution is -1.99. The molecule has 35 heavy (non-hydrogen) atoms. The summed E-state index contributed by atoms with van der Waals surface area (Å²) in [6.07, 6.45) is 1.38. The molecule has 1 aliphatic carbocycles. The SMILES string of the molecule is COc1cc(C=C2c3cc([N+](=O)[O-])cc([N+](=O)[O-])c3-c3c2cc([N+](=O)[O-])cc3[N+](=O)[O-])ccc1O. The number of nitrogens with zero attached hydrogens (tertiary/aromatic N) is 4. The van der Waals surface area contributed by atoms with Gasteiger partial charge in [-0.05, 0) is 29.3 Å². The summed E-state index contributed by atoms with van der Waals surface area (Å²) >= 11 is 0. The largest absolute Gasteiger partial charge is 0.504 e. The average molecular weight is 480 g/mol. The summed E-state index contributed by atoms with van der Waals surface area (Å²) in [5.41, 5.74) is -3.14. The van der Waals surface area contributed by atoms with Crippen molar-refractivity contribution < 1.29 is 29.5 Å². The summed E-state index contributed by atoms with van der Waals surface area (Å²) in [6, 6.07) is 7.49. The van der Waals surface area contributed by atoms with Crippen LogP contribution in [0.3, 0.4) is 0 Å². The lowest BCUT2D eigenvalue weighted by atomic mass is 9.99. The first-order valence-corrected chi connectivity index (χ1v) is 9.57. The standard InChI is InChI=1S/C21H12N4O10/c1-35-19-5-10(2-3-18(19)26)4-13-14-6-11(22(27)28)8-16(24(31)32)20(14)21-15(13)7-12(23(29)30)9-17(21)25(33)34/h2-9,26H,1H3. The Morgan fingerprint density at radius 1 is 0.743 bits per heavy atom. The van der Waals surface area contributed by atoms with Crippen LogP contribution in [0.1, 0.15) is 16.7 Å². The fourth-order valence-electron chi connectivity index (χ4n) is 3.92. The van der Waals surface area contributed by atoms with Gasteiger partial charge in [0.05, 0.1) is 50.1 Å². The minimum Gasteiger partial charge on any atom is -0.504 e. The van der Waals surface area contributed by atoms with Crippen LogP contribution >= 0.6 is 0 Å². The number of rotatable bonds is 6. The van der Waals surface area contributed by atoms with E-state index < -0.39 is 42.4 Å². The molecule has 0 spiro atoms. The van der Waals surface area contributed by atoms with E-state index in [9.17, 15) is 45.6 Å². The fourth-order valence-corrected chi connectivity index (χ4v) is 3.92. The van der Waals surface area contributed by atoms with Crippen molar-refractivity contribution in [1.82, 2.24) is 0 Å². The van der Waals surface area contributed by atoms with Gasteiger partial charge < -0.3 is 9.84 Å². The maximum absolute atomic E-state index is 11.8. The van der Waals surface area contributed by atoms with Gasteiger partial charge in [-0.25, -0.2) is 0 Å². The normalized spacial score (nSPS) is 11.4. The molecule has 4 rings (SSSR count). The van der Waals surface area contributed by atoms with Crippen molar-refractivity contribution in [1.29, 1.82) is 0 Å². The Morgan fingerprint density at radius 2 is 1.23 bits per heavy atom. The third-order valence-corrected chi connectivity index (χ3v) is 5.36. The third kappa shape index (κ3) is 3.74. The van der Waals surface area contributed by atoms with E-state index in [0.717, 1.165) is 12.1 Å². The van der Waals surface area contributed by atoms with Gasteiger partial charge >= 0.3 is 0 Å². The topological polar surface area (TPSA) is 202 Å². The van der Waals surface area contributed by atoms with Crippen molar-refractivity contribution in [2.24, 2.45) is 0 Å². The maximum atomic E-state index is 11.8. The van der Waals surface area contributed by atoms with Crippen molar-refractivity contribution in [3.8, 4) is 22.6 Å². The minimum absolute atomic E-state index is 0.0429. The molecule has 0 fully saturated rings. The van der Waals surface area contributed by atoms with Gasteiger partial charge in [0.1, 0.15) is 0 Å². The molecular formula is C21H12N4O10. The summed E-state index contributed by atoms with van der Waals surface area (Å²) in [5.74, 6) is -0.132. The molecule has 3 aromatic rings. The van der Waals surface area contributed by atoms with E-state index in [-0.39, 0.29) is 39.3 Å². The summed E-state index contributed by atoms with van der Waals surface area (Å²) in [4.78, 5) is 43.1. The van der Waals surface area contributed by atoms with Crippen LogP contribution in [0.25, 0.3) is 22.8 Å². The van der Waals surface area contributed by atoms with Crippen LogP contribution in [-0.4, -0.2) is 31.9 Å². The Bertz CT molecular complexity index is 1430. The number of methoxy groups -OCH3 is 1. The Balaban J connectivity index is 2.17. The number of fused-ring (bicyclic) bond motifs is 3. The molecular weight excluding hydrogens is 468 g/mol. The number of hydrogen-bond donors (Lipinski definition) is 1. The second-order valence-corrected chi connectivity index (χ2v) is 7.29. The molecule has 0 saturated carbocycles. The van der Waals surface area contributed by atoms with Gasteiger partial charge in [-0.15, -0.1) is 0 Å². The molecule has 0 saturated heterocycles. The lowest BCUT2D eigenvalue weighted by molar-refractivity contribution is -0.395. The van der Waals surface area contributed by atoms with Crippen LogP contribution in [0.4, 0.5) is 22.7 Å². The van der Waals surface area contributed by atoms with Crippen molar-refractivity contribution in [2.75, 3.05) is 7.11 Å². The highest BCUT2D eigenvalue weighted by atomic mass is 16.6. The molecule has 0 bridgehead atoms. The Morgan fingerprint density at radius 3 is 1.63 bits per heavy atom. The number of non-ortho nitro benzene ring substituents is 2. The number of nitro benzene ring substituents is 4. The second-order valence-electron chi connectivity index (χ2n) is 7.29. The van der Waals surface area contributed by atoms with Gasteiger partial charge in [-0.3, -0.25) is 40.5 Å². The van der Waals surface area contributed by atoms with Gasteiger partial charge in [-0.1, -0.05) is 6.07 Å². The van der Waals surface area contributed by atoms with E-state index in [1.54, 1.807) is 0 Å². The van der Waals surface area contributed by atoms with E-state index in [0.29, 0.717) is 17.7 Å². The first kappa shape index (κ1) is 22.8. The Kier molecular flexibility index (Phi) is 5.33. The molecule has 0 atom stereocenters. The number of aromatic hydroxyl groups is 1. The molecule has 1 N–H and O–H groups in total. The fraction of sp³-hybridized carbons (Fsp3) is 0.0476. The van der Waals surface area contributed by atoms with Crippen LogP contribution in [0, 0.1) is 40.5 Å². The van der Waals surface area contributed by atoms with Gasteiger partial charge in [0, 0.05) is 23.3 Å². The second kappa shape index (κ2) is 8.18. The zero-order valence-corrected chi connectivity index (χ0v) is 17.5. The number of hydrogen-bond acceptors (Lipinski definition) is 10. The third-order valence-electron chi connectivity index (χ3n) is 5.36. The van der Waals surface area contributed by atoms with Crippen LogP contribution in [0.15, 0.2) is 42.5 Å². The van der Waals surface area contributed by atoms with Gasteiger partial charge in [0.2, 0.25) is 0 Å². The molecule has 0 unspecified atom stereocenters. The summed E-state index contributed by atoms with van der Waals surface area (Å²) in [6.45, 7) is 0. The Hall–Kier alpha value is -5.40. The first-order chi connectivity index (χ1) is 16.5. The van der Waals surface area contributed by atoms with E-state index in [2.05, 4.69) is 0 Å². The molecule has 14 nitrogen and oxygen atoms in total.